The number of hydrogen-bond acceptors (Lipinski definition) is 3. The molecule has 1 atom stereocenters. The number of likely N-dealkylation sites (N-methyl/N-ethyl adjacent to an activating group) is 1. The van der Waals surface area contributed by atoms with E-state index < -0.39 is 0 Å². The Labute approximate surface area is 121 Å². The third-order valence-corrected chi connectivity index (χ3v) is 4.13. The van der Waals surface area contributed by atoms with Crippen molar-refractivity contribution in [2.75, 3.05) is 20.1 Å². The van der Waals surface area contributed by atoms with Crippen LogP contribution in [0.3, 0.4) is 0 Å². The van der Waals surface area contributed by atoms with Crippen molar-refractivity contribution >= 4 is 5.91 Å². The number of nitrogens with one attached hydrogen (secondary N) is 1. The summed E-state index contributed by atoms with van der Waals surface area (Å²) in [5.41, 5.74) is 3.81. The van der Waals surface area contributed by atoms with Gasteiger partial charge in [-0.15, -0.1) is 0 Å². The molecule has 2 rings (SSSR count). The van der Waals surface area contributed by atoms with Gasteiger partial charge < -0.3 is 5.32 Å². The average molecular weight is 275 g/mol. The Morgan fingerprint density at radius 3 is 2.80 bits per heavy atom. The first-order chi connectivity index (χ1) is 9.32. The molecule has 1 aromatic heterocycles. The Morgan fingerprint density at radius 1 is 1.50 bits per heavy atom. The third kappa shape index (κ3) is 3.01. The van der Waals surface area contributed by atoms with E-state index in [-0.39, 0.29) is 17.4 Å². The van der Waals surface area contributed by atoms with Crippen molar-refractivity contribution in [3.05, 3.63) is 29.1 Å². The van der Waals surface area contributed by atoms with Crippen molar-refractivity contribution in [3.63, 3.8) is 0 Å². The van der Waals surface area contributed by atoms with Crippen LogP contribution in [-0.4, -0.2) is 35.9 Å². The second-order valence-corrected chi connectivity index (χ2v) is 6.58. The summed E-state index contributed by atoms with van der Waals surface area (Å²) in [7, 11) is 1.68. The van der Waals surface area contributed by atoms with Gasteiger partial charge in [-0.05, 0) is 23.5 Å². The molecule has 1 amide bonds. The van der Waals surface area contributed by atoms with Gasteiger partial charge >= 0.3 is 0 Å². The lowest BCUT2D eigenvalue weighted by Gasteiger charge is -2.35. The second-order valence-electron chi connectivity index (χ2n) is 6.58. The summed E-state index contributed by atoms with van der Waals surface area (Å²) in [4.78, 5) is 18.5. The third-order valence-electron chi connectivity index (χ3n) is 4.13. The molecule has 0 saturated carbocycles. The molecule has 110 valence electrons. The second kappa shape index (κ2) is 5.52. The molecule has 4 heteroatoms. The zero-order valence-corrected chi connectivity index (χ0v) is 13.2. The van der Waals surface area contributed by atoms with Gasteiger partial charge in [-0.25, -0.2) is 0 Å². The highest BCUT2D eigenvalue weighted by Crippen LogP contribution is 2.31. The number of nitrogens with zero attached hydrogens (tertiary/aromatic N) is 2. The van der Waals surface area contributed by atoms with Crippen molar-refractivity contribution in [1.82, 2.24) is 15.2 Å². The highest BCUT2D eigenvalue weighted by atomic mass is 16.1. The molecule has 1 N–H and O–H groups in total. The topological polar surface area (TPSA) is 45.2 Å². The Hall–Kier alpha value is -1.42. The fraction of sp³-hybridized carbons (Fsp3) is 0.625. The van der Waals surface area contributed by atoms with E-state index in [0.29, 0.717) is 6.54 Å². The SMILES string of the molecule is CNC(=O)CN1CCc2ncc(C(C)(C)C)cc2C1C. The van der Waals surface area contributed by atoms with Crippen LogP contribution in [0.25, 0.3) is 0 Å². The minimum Gasteiger partial charge on any atom is -0.358 e. The standard InChI is InChI=1S/C16H25N3O/c1-11-13-8-12(16(2,3)4)9-18-14(13)6-7-19(11)10-15(20)17-5/h8-9,11H,6-7,10H2,1-5H3,(H,17,20). The van der Waals surface area contributed by atoms with Crippen molar-refractivity contribution in [2.45, 2.75) is 45.6 Å². The largest absolute Gasteiger partial charge is 0.358 e. The van der Waals surface area contributed by atoms with Gasteiger partial charge in [0.1, 0.15) is 0 Å². The van der Waals surface area contributed by atoms with Crippen molar-refractivity contribution in [2.24, 2.45) is 0 Å². The molecule has 0 bridgehead atoms. The lowest BCUT2D eigenvalue weighted by atomic mass is 9.85. The lowest BCUT2D eigenvalue weighted by molar-refractivity contribution is -0.122. The number of hydrogen-bond donors (Lipinski definition) is 1. The molecule has 0 radical (unpaired) electrons. The zero-order chi connectivity index (χ0) is 14.9. The monoisotopic (exact) mass is 275 g/mol. The van der Waals surface area contributed by atoms with E-state index >= 15 is 0 Å². The summed E-state index contributed by atoms with van der Waals surface area (Å²) in [6.45, 7) is 10.1. The number of fused-ring (bicyclic) bond motifs is 1. The molecule has 0 spiro atoms. The van der Waals surface area contributed by atoms with Crippen LogP contribution in [0.1, 0.15) is 50.6 Å². The zero-order valence-electron chi connectivity index (χ0n) is 13.2. The lowest BCUT2D eigenvalue weighted by Crippen LogP contribution is -2.41. The van der Waals surface area contributed by atoms with Gasteiger partial charge in [0.15, 0.2) is 0 Å². The molecule has 1 aromatic rings. The van der Waals surface area contributed by atoms with E-state index in [1.54, 1.807) is 7.05 Å². The van der Waals surface area contributed by atoms with Crippen LogP contribution in [0.4, 0.5) is 0 Å². The number of carbonyl (C=O) groups is 1. The molecule has 4 nitrogen and oxygen atoms in total. The summed E-state index contributed by atoms with van der Waals surface area (Å²) in [5.74, 6) is 0.0697. The average Bonchev–Trinajstić information content (AvgIpc) is 2.40. The van der Waals surface area contributed by atoms with E-state index in [9.17, 15) is 4.79 Å². The summed E-state index contributed by atoms with van der Waals surface area (Å²) in [6, 6.07) is 2.51. The highest BCUT2D eigenvalue weighted by molar-refractivity contribution is 5.77. The van der Waals surface area contributed by atoms with Crippen molar-refractivity contribution in [3.8, 4) is 0 Å². The number of pyridine rings is 1. The van der Waals surface area contributed by atoms with Gasteiger partial charge in [-0.1, -0.05) is 26.8 Å². The molecular weight excluding hydrogens is 250 g/mol. The van der Waals surface area contributed by atoms with Crippen LogP contribution in [0, 0.1) is 0 Å². The minimum absolute atomic E-state index is 0.0697. The van der Waals surface area contributed by atoms with E-state index in [1.165, 1.54) is 16.8 Å². The molecule has 0 fully saturated rings. The van der Waals surface area contributed by atoms with Crippen LogP contribution >= 0.6 is 0 Å². The van der Waals surface area contributed by atoms with E-state index in [2.05, 4.69) is 49.0 Å². The van der Waals surface area contributed by atoms with Gasteiger partial charge in [0.2, 0.25) is 5.91 Å². The Balaban J connectivity index is 2.27. The first kappa shape index (κ1) is 15.0. The summed E-state index contributed by atoms with van der Waals surface area (Å²) in [5, 5.41) is 2.70. The van der Waals surface area contributed by atoms with Crippen molar-refractivity contribution < 1.29 is 4.79 Å². The molecule has 1 aliphatic heterocycles. The van der Waals surface area contributed by atoms with Crippen LogP contribution < -0.4 is 5.32 Å². The van der Waals surface area contributed by atoms with Crippen LogP contribution in [-0.2, 0) is 16.6 Å². The van der Waals surface area contributed by atoms with Gasteiger partial charge in [0, 0.05) is 37.9 Å². The molecule has 0 aliphatic carbocycles. The van der Waals surface area contributed by atoms with E-state index in [4.69, 9.17) is 0 Å². The first-order valence-electron chi connectivity index (χ1n) is 7.27. The number of aromatic nitrogens is 1. The predicted molar refractivity (Wildman–Crippen MR) is 80.7 cm³/mol. The molecular formula is C16H25N3O. The summed E-state index contributed by atoms with van der Waals surface area (Å²) in [6.07, 6.45) is 2.92. The van der Waals surface area contributed by atoms with E-state index in [1.807, 2.05) is 6.20 Å². The molecule has 0 saturated heterocycles. The van der Waals surface area contributed by atoms with Gasteiger partial charge in [0.05, 0.1) is 6.54 Å². The Kier molecular flexibility index (Phi) is 4.14. The fourth-order valence-electron chi connectivity index (χ4n) is 2.61. The normalized spacial score (nSPS) is 19.6. The first-order valence-corrected chi connectivity index (χ1v) is 7.27. The van der Waals surface area contributed by atoms with E-state index in [0.717, 1.165) is 13.0 Å². The van der Waals surface area contributed by atoms with Crippen LogP contribution in [0.2, 0.25) is 0 Å². The van der Waals surface area contributed by atoms with Gasteiger partial charge in [-0.2, -0.15) is 0 Å². The van der Waals surface area contributed by atoms with Crippen LogP contribution in [0.15, 0.2) is 12.3 Å². The van der Waals surface area contributed by atoms with Crippen LogP contribution in [0.5, 0.6) is 0 Å². The maximum atomic E-state index is 11.6. The molecule has 1 aliphatic rings. The Bertz CT molecular complexity index is 505. The molecule has 2 heterocycles. The maximum absolute atomic E-state index is 11.6. The number of carbonyl (C=O) groups excluding carboxylic acids is 1. The maximum Gasteiger partial charge on any atom is 0.233 e. The Morgan fingerprint density at radius 2 is 2.20 bits per heavy atom. The smallest absolute Gasteiger partial charge is 0.233 e. The highest BCUT2D eigenvalue weighted by Gasteiger charge is 2.27. The number of rotatable bonds is 2. The molecule has 20 heavy (non-hydrogen) atoms. The quantitative estimate of drug-likeness (QED) is 0.898. The van der Waals surface area contributed by atoms with Gasteiger partial charge in [-0.3, -0.25) is 14.7 Å². The van der Waals surface area contributed by atoms with Gasteiger partial charge in [0.25, 0.3) is 0 Å². The summed E-state index contributed by atoms with van der Waals surface area (Å²) < 4.78 is 0. The molecule has 1 unspecified atom stereocenters. The summed E-state index contributed by atoms with van der Waals surface area (Å²) >= 11 is 0. The molecule has 0 aromatic carbocycles. The fourth-order valence-corrected chi connectivity index (χ4v) is 2.61. The number of amides is 1. The predicted octanol–water partition coefficient (Wildman–Crippen LogP) is 2.04. The minimum atomic E-state index is 0.0697. The van der Waals surface area contributed by atoms with Crippen molar-refractivity contribution in [1.29, 1.82) is 0 Å².